The van der Waals surface area contributed by atoms with Crippen LogP contribution in [0.3, 0.4) is 0 Å². The molecule has 0 aliphatic carbocycles. The molecule has 2 atom stereocenters. The van der Waals surface area contributed by atoms with E-state index in [4.69, 9.17) is 5.73 Å². The molecular weight excluding hydrogens is 302 g/mol. The lowest BCUT2D eigenvalue weighted by Crippen LogP contribution is -2.34. The summed E-state index contributed by atoms with van der Waals surface area (Å²) < 4.78 is 0. The van der Waals surface area contributed by atoms with Crippen molar-refractivity contribution in [1.82, 2.24) is 5.32 Å². The molecule has 124 valence electrons. The van der Waals surface area contributed by atoms with Crippen LogP contribution in [0.25, 0.3) is 0 Å². The predicted molar refractivity (Wildman–Crippen MR) is 92.5 cm³/mol. The number of amides is 2. The summed E-state index contributed by atoms with van der Waals surface area (Å²) in [7, 11) is 0. The summed E-state index contributed by atoms with van der Waals surface area (Å²) in [5.41, 5.74) is 7.76. The lowest BCUT2D eigenvalue weighted by Gasteiger charge is -2.16. The number of halogens is 1. The SMILES string of the molecule is Cc1ccc(NC(=O)C(C)C(C)N)cc1C(=O)NC(C)C.Cl. The van der Waals surface area contributed by atoms with Gasteiger partial charge < -0.3 is 16.4 Å². The molecule has 0 spiro atoms. The monoisotopic (exact) mass is 327 g/mol. The Kier molecular flexibility index (Phi) is 8.12. The van der Waals surface area contributed by atoms with Gasteiger partial charge in [0.2, 0.25) is 5.91 Å². The van der Waals surface area contributed by atoms with Crippen molar-refractivity contribution in [3.63, 3.8) is 0 Å². The van der Waals surface area contributed by atoms with Crippen LogP contribution in [-0.4, -0.2) is 23.9 Å². The Morgan fingerprint density at radius 2 is 1.73 bits per heavy atom. The number of rotatable bonds is 5. The lowest BCUT2D eigenvalue weighted by atomic mass is 10.0. The first-order valence-corrected chi connectivity index (χ1v) is 7.20. The Morgan fingerprint density at radius 1 is 1.14 bits per heavy atom. The molecule has 0 aromatic heterocycles. The van der Waals surface area contributed by atoms with Gasteiger partial charge in [0.05, 0.1) is 5.92 Å². The normalized spacial score (nSPS) is 13.0. The van der Waals surface area contributed by atoms with Gasteiger partial charge >= 0.3 is 0 Å². The first-order valence-electron chi connectivity index (χ1n) is 7.20. The van der Waals surface area contributed by atoms with Crippen molar-refractivity contribution in [2.75, 3.05) is 5.32 Å². The third kappa shape index (κ3) is 5.66. The zero-order valence-electron chi connectivity index (χ0n) is 13.8. The first-order chi connectivity index (χ1) is 9.72. The number of hydrogen-bond acceptors (Lipinski definition) is 3. The maximum absolute atomic E-state index is 12.1. The quantitative estimate of drug-likeness (QED) is 0.776. The summed E-state index contributed by atoms with van der Waals surface area (Å²) in [4.78, 5) is 24.1. The molecule has 0 aliphatic rings. The molecule has 0 radical (unpaired) electrons. The highest BCUT2D eigenvalue weighted by atomic mass is 35.5. The van der Waals surface area contributed by atoms with Gasteiger partial charge in [-0.25, -0.2) is 0 Å². The minimum absolute atomic E-state index is 0. The lowest BCUT2D eigenvalue weighted by molar-refractivity contribution is -0.119. The molecule has 0 bridgehead atoms. The Bertz CT molecular complexity index is 530. The number of hydrogen-bond donors (Lipinski definition) is 3. The Hall–Kier alpha value is -1.59. The number of nitrogens with one attached hydrogen (secondary N) is 2. The highest BCUT2D eigenvalue weighted by molar-refractivity contribution is 5.98. The van der Waals surface area contributed by atoms with E-state index in [1.165, 1.54) is 0 Å². The first kappa shape index (κ1) is 20.4. The molecular formula is C16H26ClN3O2. The van der Waals surface area contributed by atoms with Crippen LogP contribution >= 0.6 is 12.4 Å². The van der Waals surface area contributed by atoms with Crippen molar-refractivity contribution < 1.29 is 9.59 Å². The molecule has 0 saturated carbocycles. The van der Waals surface area contributed by atoms with Gasteiger partial charge in [-0.05, 0) is 45.4 Å². The van der Waals surface area contributed by atoms with Crippen molar-refractivity contribution in [2.24, 2.45) is 11.7 Å². The van der Waals surface area contributed by atoms with Crippen LogP contribution in [0.15, 0.2) is 18.2 Å². The van der Waals surface area contributed by atoms with Gasteiger partial charge in [0.1, 0.15) is 0 Å². The van der Waals surface area contributed by atoms with Gasteiger partial charge in [0.25, 0.3) is 5.91 Å². The third-order valence-electron chi connectivity index (χ3n) is 3.37. The van der Waals surface area contributed by atoms with E-state index in [-0.39, 0.29) is 42.2 Å². The molecule has 0 heterocycles. The van der Waals surface area contributed by atoms with Crippen LogP contribution in [0, 0.1) is 12.8 Å². The highest BCUT2D eigenvalue weighted by Crippen LogP contribution is 2.17. The van der Waals surface area contributed by atoms with Crippen molar-refractivity contribution in [3.05, 3.63) is 29.3 Å². The maximum atomic E-state index is 12.1. The summed E-state index contributed by atoms with van der Waals surface area (Å²) in [5.74, 6) is -0.581. The van der Waals surface area contributed by atoms with Crippen LogP contribution in [-0.2, 0) is 4.79 Å². The van der Waals surface area contributed by atoms with Gasteiger partial charge in [-0.3, -0.25) is 9.59 Å². The number of carbonyl (C=O) groups excluding carboxylic acids is 2. The van der Waals surface area contributed by atoms with Crippen LogP contribution < -0.4 is 16.4 Å². The molecule has 0 aliphatic heterocycles. The number of anilines is 1. The minimum atomic E-state index is -0.292. The Balaban J connectivity index is 0.00000441. The molecule has 22 heavy (non-hydrogen) atoms. The second-order valence-electron chi connectivity index (χ2n) is 5.79. The van der Waals surface area contributed by atoms with E-state index in [1.54, 1.807) is 26.0 Å². The predicted octanol–water partition coefficient (Wildman–Crippen LogP) is 2.48. The van der Waals surface area contributed by atoms with Crippen molar-refractivity contribution in [3.8, 4) is 0 Å². The molecule has 0 fully saturated rings. The summed E-state index contributed by atoms with van der Waals surface area (Å²) in [6.07, 6.45) is 0. The number of aryl methyl sites for hydroxylation is 1. The summed E-state index contributed by atoms with van der Waals surface area (Å²) in [6.45, 7) is 9.25. The molecule has 0 saturated heterocycles. The third-order valence-corrected chi connectivity index (χ3v) is 3.37. The van der Waals surface area contributed by atoms with E-state index in [9.17, 15) is 9.59 Å². The van der Waals surface area contributed by atoms with E-state index >= 15 is 0 Å². The largest absolute Gasteiger partial charge is 0.350 e. The Labute approximate surface area is 138 Å². The van der Waals surface area contributed by atoms with Crippen LogP contribution in [0.5, 0.6) is 0 Å². The van der Waals surface area contributed by atoms with Crippen molar-refractivity contribution >= 4 is 29.9 Å². The van der Waals surface area contributed by atoms with Gasteiger partial charge in [-0.15, -0.1) is 12.4 Å². The van der Waals surface area contributed by atoms with Gasteiger partial charge in [0.15, 0.2) is 0 Å². The van der Waals surface area contributed by atoms with Gasteiger partial charge in [0, 0.05) is 23.3 Å². The van der Waals surface area contributed by atoms with E-state index in [1.807, 2.05) is 26.8 Å². The molecule has 1 aromatic carbocycles. The fourth-order valence-electron chi connectivity index (χ4n) is 1.78. The van der Waals surface area contributed by atoms with Crippen molar-refractivity contribution in [2.45, 2.75) is 46.7 Å². The van der Waals surface area contributed by atoms with E-state index < -0.39 is 0 Å². The molecule has 6 heteroatoms. The molecule has 4 N–H and O–H groups in total. The molecule has 2 unspecified atom stereocenters. The molecule has 2 amide bonds. The second-order valence-corrected chi connectivity index (χ2v) is 5.79. The smallest absolute Gasteiger partial charge is 0.251 e. The maximum Gasteiger partial charge on any atom is 0.251 e. The second kappa shape index (κ2) is 8.76. The van der Waals surface area contributed by atoms with E-state index in [0.717, 1.165) is 5.56 Å². The van der Waals surface area contributed by atoms with Gasteiger partial charge in [-0.1, -0.05) is 13.0 Å². The van der Waals surface area contributed by atoms with Crippen molar-refractivity contribution in [1.29, 1.82) is 0 Å². The topological polar surface area (TPSA) is 84.2 Å². The van der Waals surface area contributed by atoms with E-state index in [2.05, 4.69) is 10.6 Å². The minimum Gasteiger partial charge on any atom is -0.350 e. The van der Waals surface area contributed by atoms with Crippen LogP contribution in [0.2, 0.25) is 0 Å². The highest BCUT2D eigenvalue weighted by Gasteiger charge is 2.18. The zero-order valence-corrected chi connectivity index (χ0v) is 14.6. The number of nitrogens with two attached hydrogens (primary N) is 1. The Morgan fingerprint density at radius 3 is 2.23 bits per heavy atom. The van der Waals surface area contributed by atoms with E-state index in [0.29, 0.717) is 11.3 Å². The van der Waals surface area contributed by atoms with Crippen LogP contribution in [0.1, 0.15) is 43.6 Å². The fraction of sp³-hybridized carbons (Fsp3) is 0.500. The van der Waals surface area contributed by atoms with Gasteiger partial charge in [-0.2, -0.15) is 0 Å². The number of carbonyl (C=O) groups is 2. The zero-order chi connectivity index (χ0) is 16.2. The summed E-state index contributed by atoms with van der Waals surface area (Å²) >= 11 is 0. The summed E-state index contributed by atoms with van der Waals surface area (Å²) in [5, 5.41) is 5.65. The van der Waals surface area contributed by atoms with Crippen LogP contribution in [0.4, 0.5) is 5.69 Å². The average molecular weight is 328 g/mol. The molecule has 5 nitrogen and oxygen atoms in total. The summed E-state index contributed by atoms with van der Waals surface area (Å²) in [6, 6.07) is 5.14. The molecule has 1 rings (SSSR count). The average Bonchev–Trinajstić information content (AvgIpc) is 2.38. The molecule has 1 aromatic rings. The number of benzene rings is 1. The standard InChI is InChI=1S/C16H25N3O2.ClH/c1-9(2)18-16(21)14-8-13(7-6-10(14)3)19-15(20)11(4)12(5)17;/h6-9,11-12H,17H2,1-5H3,(H,18,21)(H,19,20);1H. The fourth-order valence-corrected chi connectivity index (χ4v) is 1.78.